The van der Waals surface area contributed by atoms with Gasteiger partial charge in [0.1, 0.15) is 17.2 Å². The molecule has 0 aliphatic carbocycles. The molecule has 0 heterocycles. The second-order valence-corrected chi connectivity index (χ2v) is 6.67. The van der Waals surface area contributed by atoms with Crippen LogP contribution in [-0.2, 0) is 14.3 Å². The number of hydrogen-bond acceptors (Lipinski definition) is 6. The molecule has 2 rings (SSSR count). The topological polar surface area (TPSA) is 83.1 Å². The first-order valence-corrected chi connectivity index (χ1v) is 9.20. The average Bonchev–Trinajstić information content (AvgIpc) is 2.69. The number of methoxy groups -OCH3 is 2. The van der Waals surface area contributed by atoms with Crippen LogP contribution in [0.1, 0.15) is 29.7 Å². The van der Waals surface area contributed by atoms with Gasteiger partial charge in [-0.1, -0.05) is 6.07 Å². The summed E-state index contributed by atoms with van der Waals surface area (Å²) in [6, 6.07) is 10.6. The van der Waals surface area contributed by atoms with Crippen molar-refractivity contribution < 1.29 is 28.5 Å². The van der Waals surface area contributed by atoms with E-state index >= 15 is 0 Å². The first kappa shape index (κ1) is 22.1. The lowest BCUT2D eigenvalue weighted by Gasteiger charge is -2.18. The third kappa shape index (κ3) is 6.71. The summed E-state index contributed by atoms with van der Waals surface area (Å²) in [5, 5.41) is 2.77. The summed E-state index contributed by atoms with van der Waals surface area (Å²) >= 11 is 0. The summed E-state index contributed by atoms with van der Waals surface area (Å²) in [5.74, 6) is 0.810. The van der Waals surface area contributed by atoms with Crippen LogP contribution in [0.25, 0.3) is 0 Å². The Kier molecular flexibility index (Phi) is 7.88. The molecule has 0 saturated heterocycles. The normalized spacial score (nSPS) is 11.3. The zero-order valence-electron chi connectivity index (χ0n) is 17.4. The van der Waals surface area contributed by atoms with Gasteiger partial charge >= 0.3 is 5.97 Å². The van der Waals surface area contributed by atoms with Gasteiger partial charge in [0.05, 0.1) is 20.3 Å². The molecule has 29 heavy (non-hydrogen) atoms. The molecule has 0 fully saturated rings. The third-order valence-electron chi connectivity index (χ3n) is 4.20. The predicted octanol–water partition coefficient (Wildman–Crippen LogP) is 3.12. The van der Waals surface area contributed by atoms with Crippen LogP contribution in [0.3, 0.4) is 0 Å². The van der Waals surface area contributed by atoms with E-state index in [1.807, 2.05) is 32.0 Å². The molecule has 7 nitrogen and oxygen atoms in total. The number of amides is 1. The van der Waals surface area contributed by atoms with Crippen LogP contribution in [0.5, 0.6) is 17.2 Å². The number of hydrogen-bond donors (Lipinski definition) is 1. The summed E-state index contributed by atoms with van der Waals surface area (Å²) in [6.45, 7) is 5.03. The number of carbonyl (C=O) groups is 2. The highest BCUT2D eigenvalue weighted by molar-refractivity contribution is 5.81. The maximum absolute atomic E-state index is 12.1. The molecule has 0 aromatic heterocycles. The van der Waals surface area contributed by atoms with E-state index < -0.39 is 18.5 Å². The van der Waals surface area contributed by atoms with E-state index in [9.17, 15) is 9.59 Å². The fraction of sp³-hybridized carbons (Fsp3) is 0.364. The molecule has 0 bridgehead atoms. The van der Waals surface area contributed by atoms with Gasteiger partial charge in [0.15, 0.2) is 13.2 Å². The van der Waals surface area contributed by atoms with Crippen molar-refractivity contribution in [2.75, 3.05) is 27.4 Å². The Morgan fingerprint density at radius 1 is 0.931 bits per heavy atom. The zero-order chi connectivity index (χ0) is 21.4. The van der Waals surface area contributed by atoms with Crippen molar-refractivity contribution in [3.8, 4) is 17.2 Å². The van der Waals surface area contributed by atoms with Crippen molar-refractivity contribution in [1.82, 2.24) is 5.32 Å². The minimum Gasteiger partial charge on any atom is -0.497 e. The Labute approximate surface area is 170 Å². The van der Waals surface area contributed by atoms with Crippen LogP contribution in [0.2, 0.25) is 0 Å². The molecule has 0 radical (unpaired) electrons. The van der Waals surface area contributed by atoms with Gasteiger partial charge in [-0.2, -0.15) is 0 Å². The van der Waals surface area contributed by atoms with E-state index in [0.29, 0.717) is 17.2 Å². The van der Waals surface area contributed by atoms with E-state index in [0.717, 1.165) is 16.7 Å². The quantitative estimate of drug-likeness (QED) is 0.650. The van der Waals surface area contributed by atoms with E-state index in [4.69, 9.17) is 18.9 Å². The number of aryl methyl sites for hydroxylation is 2. The van der Waals surface area contributed by atoms with Crippen LogP contribution >= 0.6 is 0 Å². The fourth-order valence-corrected chi connectivity index (χ4v) is 2.88. The number of benzene rings is 2. The molecule has 2 aromatic rings. The molecule has 0 spiro atoms. The molecule has 2 aromatic carbocycles. The summed E-state index contributed by atoms with van der Waals surface area (Å²) < 4.78 is 21.0. The smallest absolute Gasteiger partial charge is 0.344 e. The van der Waals surface area contributed by atoms with E-state index in [2.05, 4.69) is 5.32 Å². The molecule has 0 unspecified atom stereocenters. The van der Waals surface area contributed by atoms with Gasteiger partial charge < -0.3 is 24.3 Å². The Morgan fingerprint density at radius 3 is 2.24 bits per heavy atom. The molecule has 0 saturated carbocycles. The van der Waals surface area contributed by atoms with Gasteiger partial charge in [0.25, 0.3) is 5.91 Å². The Morgan fingerprint density at radius 2 is 1.62 bits per heavy atom. The Bertz CT molecular complexity index is 844. The first-order valence-electron chi connectivity index (χ1n) is 9.20. The van der Waals surface area contributed by atoms with Crippen molar-refractivity contribution in [1.29, 1.82) is 0 Å². The third-order valence-corrected chi connectivity index (χ3v) is 4.20. The molecule has 1 atom stereocenters. The van der Waals surface area contributed by atoms with Crippen molar-refractivity contribution in [3.05, 3.63) is 53.1 Å². The van der Waals surface area contributed by atoms with Crippen molar-refractivity contribution in [2.45, 2.75) is 26.8 Å². The summed E-state index contributed by atoms with van der Waals surface area (Å²) in [5.41, 5.74) is 2.83. The zero-order valence-corrected chi connectivity index (χ0v) is 17.4. The average molecular weight is 401 g/mol. The molecule has 1 amide bonds. The van der Waals surface area contributed by atoms with Gasteiger partial charge in [0.2, 0.25) is 0 Å². The van der Waals surface area contributed by atoms with Gasteiger partial charge in [-0.3, -0.25) is 4.79 Å². The van der Waals surface area contributed by atoms with Crippen molar-refractivity contribution in [3.63, 3.8) is 0 Å². The molecule has 0 aliphatic rings. The second kappa shape index (κ2) is 10.4. The second-order valence-electron chi connectivity index (χ2n) is 6.67. The molecule has 1 N–H and O–H groups in total. The molecule has 156 valence electrons. The highest BCUT2D eigenvalue weighted by atomic mass is 16.6. The maximum atomic E-state index is 12.1. The Hall–Kier alpha value is -3.22. The number of ether oxygens (including phenoxy) is 4. The first-order chi connectivity index (χ1) is 13.8. The summed E-state index contributed by atoms with van der Waals surface area (Å²) in [7, 11) is 3.12. The summed E-state index contributed by atoms with van der Waals surface area (Å²) in [4.78, 5) is 24.0. The van der Waals surface area contributed by atoms with Crippen LogP contribution in [-0.4, -0.2) is 39.3 Å². The van der Waals surface area contributed by atoms with Crippen LogP contribution in [0, 0.1) is 13.8 Å². The SMILES string of the molecule is COc1ccc(OC)c([C@H](C)NC(=O)COC(=O)COc2cc(C)cc(C)c2)c1. The van der Waals surface area contributed by atoms with E-state index in [1.165, 1.54) is 0 Å². The van der Waals surface area contributed by atoms with Crippen LogP contribution in [0.4, 0.5) is 0 Å². The van der Waals surface area contributed by atoms with Gasteiger partial charge in [-0.15, -0.1) is 0 Å². The van der Waals surface area contributed by atoms with E-state index in [-0.39, 0.29) is 12.6 Å². The number of esters is 1. The summed E-state index contributed by atoms with van der Waals surface area (Å²) in [6.07, 6.45) is 0. The molecule has 7 heteroatoms. The van der Waals surface area contributed by atoms with Crippen molar-refractivity contribution >= 4 is 11.9 Å². The van der Waals surface area contributed by atoms with Gasteiger partial charge in [0, 0.05) is 5.56 Å². The number of rotatable bonds is 9. The molecular weight excluding hydrogens is 374 g/mol. The van der Waals surface area contributed by atoms with Gasteiger partial charge in [-0.25, -0.2) is 4.79 Å². The Balaban J connectivity index is 1.83. The van der Waals surface area contributed by atoms with Crippen molar-refractivity contribution in [2.24, 2.45) is 0 Å². The molecular formula is C22H27NO6. The van der Waals surface area contributed by atoms with Gasteiger partial charge in [-0.05, 0) is 62.2 Å². The van der Waals surface area contributed by atoms with Crippen LogP contribution in [0.15, 0.2) is 36.4 Å². The standard InChI is InChI=1S/C22H27NO6/c1-14-8-15(2)10-18(9-14)28-13-22(25)29-12-21(24)23-16(3)19-11-17(26-4)6-7-20(19)27-5/h6-11,16H,12-13H2,1-5H3,(H,23,24)/t16-/m0/s1. The minimum absolute atomic E-state index is 0.268. The lowest BCUT2D eigenvalue weighted by atomic mass is 10.1. The largest absolute Gasteiger partial charge is 0.497 e. The minimum atomic E-state index is -0.620. The lowest BCUT2D eigenvalue weighted by Crippen LogP contribution is -2.32. The maximum Gasteiger partial charge on any atom is 0.344 e. The number of carbonyl (C=O) groups excluding carboxylic acids is 2. The monoisotopic (exact) mass is 401 g/mol. The highest BCUT2D eigenvalue weighted by Gasteiger charge is 2.16. The number of nitrogens with one attached hydrogen (secondary N) is 1. The lowest BCUT2D eigenvalue weighted by molar-refractivity contribution is -0.150. The molecule has 0 aliphatic heterocycles. The highest BCUT2D eigenvalue weighted by Crippen LogP contribution is 2.29. The fourth-order valence-electron chi connectivity index (χ4n) is 2.88. The van der Waals surface area contributed by atoms with E-state index in [1.54, 1.807) is 39.3 Å². The predicted molar refractivity (Wildman–Crippen MR) is 108 cm³/mol. The van der Waals surface area contributed by atoms with Crippen LogP contribution < -0.4 is 19.5 Å².